The molecule has 1 amide bonds. The van der Waals surface area contributed by atoms with Gasteiger partial charge in [0.05, 0.1) is 33.5 Å². The number of pyridine rings is 2. The van der Waals surface area contributed by atoms with Crippen LogP contribution < -0.4 is 15.5 Å². The Balaban J connectivity index is 0.00000256. The number of hydrogen-bond donors (Lipinski definition) is 3. The average Bonchev–Trinajstić information content (AvgIpc) is 3.11. The number of piperidine rings is 1. The van der Waals surface area contributed by atoms with Crippen LogP contribution in [0, 0.1) is 0 Å². The second-order valence-electron chi connectivity index (χ2n) is 7.68. The number of aromatic nitrogens is 3. The van der Waals surface area contributed by atoms with Crippen LogP contribution in [0.15, 0.2) is 36.9 Å². The molecule has 3 aromatic heterocycles. The van der Waals surface area contributed by atoms with Crippen molar-refractivity contribution in [2.75, 3.05) is 23.3 Å². The molecule has 0 unspecified atom stereocenters. The van der Waals surface area contributed by atoms with E-state index in [2.05, 4.69) is 44.3 Å². The van der Waals surface area contributed by atoms with Gasteiger partial charge in [-0.2, -0.15) is 0 Å². The smallest absolute Gasteiger partial charge is 0.257 e. The van der Waals surface area contributed by atoms with Gasteiger partial charge in [-0.15, -0.1) is 12.4 Å². The predicted octanol–water partition coefficient (Wildman–Crippen LogP) is 4.25. The number of aromatic amines is 1. The Morgan fingerprint density at radius 3 is 2.93 bits per heavy atom. The van der Waals surface area contributed by atoms with E-state index in [0.717, 1.165) is 37.0 Å². The lowest BCUT2D eigenvalue weighted by Gasteiger charge is -2.36. The van der Waals surface area contributed by atoms with Crippen molar-refractivity contribution in [1.29, 1.82) is 0 Å². The van der Waals surface area contributed by atoms with Gasteiger partial charge in [0.1, 0.15) is 5.65 Å². The highest BCUT2D eigenvalue weighted by atomic mass is 35.5. The first-order valence-electron chi connectivity index (χ1n) is 9.91. The third kappa shape index (κ3) is 4.69. The molecule has 1 fully saturated rings. The first kappa shape index (κ1) is 22.3. The zero-order valence-electron chi connectivity index (χ0n) is 17.0. The number of nitrogens with zero attached hydrogens (tertiary/aromatic N) is 3. The highest BCUT2D eigenvalue weighted by Gasteiger charge is 2.26. The number of halogens is 2. The maximum absolute atomic E-state index is 12.7. The highest BCUT2D eigenvalue weighted by molar-refractivity contribution is 6.35. The minimum atomic E-state index is -0.220. The van der Waals surface area contributed by atoms with Crippen molar-refractivity contribution in [3.05, 3.63) is 47.5 Å². The minimum Gasteiger partial charge on any atom is -0.368 e. The molecule has 7 nitrogen and oxygen atoms in total. The van der Waals surface area contributed by atoms with Crippen LogP contribution >= 0.6 is 24.0 Å². The molecule has 30 heavy (non-hydrogen) atoms. The Bertz CT molecular complexity index is 1010. The van der Waals surface area contributed by atoms with Crippen molar-refractivity contribution in [1.82, 2.24) is 20.3 Å². The summed E-state index contributed by atoms with van der Waals surface area (Å²) in [6, 6.07) is 4.30. The maximum atomic E-state index is 12.7. The second-order valence-corrected chi connectivity index (χ2v) is 8.09. The van der Waals surface area contributed by atoms with E-state index in [1.807, 2.05) is 0 Å². The lowest BCUT2D eigenvalue weighted by Crippen LogP contribution is -2.48. The summed E-state index contributed by atoms with van der Waals surface area (Å²) < 4.78 is 0. The van der Waals surface area contributed by atoms with Crippen LogP contribution in [0.4, 0.5) is 11.4 Å². The molecule has 1 aliphatic rings. The van der Waals surface area contributed by atoms with Crippen molar-refractivity contribution < 1.29 is 4.79 Å². The maximum Gasteiger partial charge on any atom is 0.257 e. The summed E-state index contributed by atoms with van der Waals surface area (Å²) in [5, 5.41) is 8.02. The van der Waals surface area contributed by atoms with Crippen LogP contribution in [0.25, 0.3) is 11.0 Å². The summed E-state index contributed by atoms with van der Waals surface area (Å²) in [7, 11) is 0. The molecule has 1 atom stereocenters. The van der Waals surface area contributed by atoms with Crippen LogP contribution in [-0.4, -0.2) is 46.0 Å². The Kier molecular flexibility index (Phi) is 7.18. The zero-order chi connectivity index (χ0) is 20.4. The van der Waals surface area contributed by atoms with E-state index < -0.39 is 0 Å². The van der Waals surface area contributed by atoms with Crippen molar-refractivity contribution >= 4 is 52.3 Å². The second kappa shape index (κ2) is 9.64. The number of amides is 1. The Morgan fingerprint density at radius 2 is 2.20 bits per heavy atom. The molecule has 1 aliphatic heterocycles. The van der Waals surface area contributed by atoms with Gasteiger partial charge in [-0.1, -0.05) is 25.4 Å². The number of carbonyl (C=O) groups is 1. The first-order valence-corrected chi connectivity index (χ1v) is 10.3. The molecule has 3 N–H and O–H groups in total. The topological polar surface area (TPSA) is 85.9 Å². The van der Waals surface area contributed by atoms with Crippen LogP contribution in [0.2, 0.25) is 5.02 Å². The van der Waals surface area contributed by atoms with Gasteiger partial charge in [0.25, 0.3) is 5.91 Å². The van der Waals surface area contributed by atoms with Crippen LogP contribution in [0.3, 0.4) is 0 Å². The van der Waals surface area contributed by atoms with Gasteiger partial charge in [-0.3, -0.25) is 9.78 Å². The highest BCUT2D eigenvalue weighted by Crippen LogP contribution is 2.38. The van der Waals surface area contributed by atoms with E-state index in [-0.39, 0.29) is 18.3 Å². The van der Waals surface area contributed by atoms with E-state index >= 15 is 0 Å². The lowest BCUT2D eigenvalue weighted by atomic mass is 10.0. The molecule has 9 heteroatoms. The van der Waals surface area contributed by atoms with Gasteiger partial charge >= 0.3 is 0 Å². The molecule has 1 saturated heterocycles. The van der Waals surface area contributed by atoms with Gasteiger partial charge < -0.3 is 20.5 Å². The minimum absolute atomic E-state index is 0. The van der Waals surface area contributed by atoms with Crippen LogP contribution in [0.5, 0.6) is 0 Å². The molecule has 0 spiro atoms. The summed E-state index contributed by atoms with van der Waals surface area (Å²) in [4.78, 5) is 26.5. The molecule has 0 saturated carbocycles. The first-order chi connectivity index (χ1) is 14.0. The third-order valence-corrected chi connectivity index (χ3v) is 5.38. The summed E-state index contributed by atoms with van der Waals surface area (Å²) in [6.45, 7) is 6.10. The predicted molar refractivity (Wildman–Crippen MR) is 124 cm³/mol. The van der Waals surface area contributed by atoms with E-state index in [9.17, 15) is 4.79 Å². The fraction of sp³-hybridized carbons (Fsp3) is 0.381. The third-order valence-electron chi connectivity index (χ3n) is 5.11. The Labute approximate surface area is 187 Å². The number of fused-ring (bicyclic) bond motifs is 1. The monoisotopic (exact) mass is 448 g/mol. The van der Waals surface area contributed by atoms with Gasteiger partial charge in [-0.05, 0) is 25.0 Å². The van der Waals surface area contributed by atoms with Crippen molar-refractivity contribution in [3.8, 4) is 0 Å². The molecule has 0 aromatic carbocycles. The molecule has 160 valence electrons. The molecule has 0 bridgehead atoms. The SMILES string of the molecule is CC(C)N[C@@H]1CCCN(c2c(Cl)cnc3[nH]cc(NC(=O)c4cccnc4)c23)C1.Cl. The number of carbonyl (C=O) groups excluding carboxylic acids is 1. The molecular formula is C21H26Cl2N6O. The molecule has 3 aromatic rings. The molecule has 4 heterocycles. The molecule has 0 aliphatic carbocycles. The van der Waals surface area contributed by atoms with Gasteiger partial charge in [-0.25, -0.2) is 4.98 Å². The fourth-order valence-corrected chi connectivity index (χ4v) is 4.21. The van der Waals surface area contributed by atoms with E-state index in [1.165, 1.54) is 0 Å². The number of hydrogen-bond acceptors (Lipinski definition) is 5. The fourth-order valence-electron chi connectivity index (χ4n) is 3.94. The average molecular weight is 449 g/mol. The largest absolute Gasteiger partial charge is 0.368 e. The molecule has 4 rings (SSSR count). The van der Waals surface area contributed by atoms with Crippen LogP contribution in [-0.2, 0) is 0 Å². The van der Waals surface area contributed by atoms with Crippen LogP contribution in [0.1, 0.15) is 37.0 Å². The van der Waals surface area contributed by atoms with Crippen molar-refractivity contribution in [3.63, 3.8) is 0 Å². The molecule has 0 radical (unpaired) electrons. The summed E-state index contributed by atoms with van der Waals surface area (Å²) in [5.74, 6) is -0.220. The number of H-pyrrole nitrogens is 1. The van der Waals surface area contributed by atoms with Crippen molar-refractivity contribution in [2.24, 2.45) is 0 Å². The number of nitrogens with one attached hydrogen (secondary N) is 3. The number of rotatable bonds is 5. The lowest BCUT2D eigenvalue weighted by molar-refractivity contribution is 0.102. The van der Waals surface area contributed by atoms with E-state index in [4.69, 9.17) is 11.6 Å². The summed E-state index contributed by atoms with van der Waals surface area (Å²) in [5.41, 5.74) is 2.77. The quantitative estimate of drug-likeness (QED) is 0.542. The Morgan fingerprint density at radius 1 is 1.37 bits per heavy atom. The number of anilines is 2. The van der Waals surface area contributed by atoms with Gasteiger partial charge in [0.2, 0.25) is 0 Å². The van der Waals surface area contributed by atoms with Crippen molar-refractivity contribution in [2.45, 2.75) is 38.8 Å². The van der Waals surface area contributed by atoms with E-state index in [0.29, 0.717) is 34.0 Å². The normalized spacial score (nSPS) is 16.5. The van der Waals surface area contributed by atoms with E-state index in [1.54, 1.807) is 36.9 Å². The Hall–Kier alpha value is -2.35. The zero-order valence-corrected chi connectivity index (χ0v) is 18.6. The standard InChI is InChI=1S/C21H25ClN6O.ClH/c1-13(2)26-15-6-4-8-28(12-15)19-16(22)10-24-20-18(19)17(11-25-20)27-21(29)14-5-3-7-23-9-14;/h3,5,7,9-11,13,15,26H,4,6,8,12H2,1-2H3,(H,24,25)(H,27,29);1H/t15-;/m1./s1. The summed E-state index contributed by atoms with van der Waals surface area (Å²) in [6.07, 6.45) is 8.83. The summed E-state index contributed by atoms with van der Waals surface area (Å²) >= 11 is 6.61. The van der Waals surface area contributed by atoms with Gasteiger partial charge in [0, 0.05) is 43.8 Å². The van der Waals surface area contributed by atoms with Gasteiger partial charge in [0.15, 0.2) is 0 Å². The molecular weight excluding hydrogens is 423 g/mol.